The van der Waals surface area contributed by atoms with Crippen LogP contribution in [0.3, 0.4) is 0 Å². The van der Waals surface area contributed by atoms with Gasteiger partial charge in [0.2, 0.25) is 5.91 Å². The SMILES string of the molecule is O=C(OCc1ccccc1)C(C(=O)N(Cc1ccc(Cl)nc1)C1C=CC=CN1)c1ccccc1. The molecule has 0 radical (unpaired) electrons. The number of dihydropyridines is 1. The van der Waals surface area contributed by atoms with Crippen molar-refractivity contribution in [3.05, 3.63) is 125 Å². The molecule has 1 N–H and O–H groups in total. The molecule has 1 aromatic heterocycles. The van der Waals surface area contributed by atoms with Crippen LogP contribution in [0.2, 0.25) is 5.15 Å². The summed E-state index contributed by atoms with van der Waals surface area (Å²) in [5.41, 5.74) is 2.20. The number of allylic oxidation sites excluding steroid dienone is 2. The summed E-state index contributed by atoms with van der Waals surface area (Å²) < 4.78 is 5.60. The minimum Gasteiger partial charge on any atom is -0.460 e. The van der Waals surface area contributed by atoms with Crippen LogP contribution >= 0.6 is 11.6 Å². The zero-order chi connectivity index (χ0) is 23.8. The van der Waals surface area contributed by atoms with Crippen molar-refractivity contribution in [1.29, 1.82) is 0 Å². The van der Waals surface area contributed by atoms with Gasteiger partial charge < -0.3 is 15.0 Å². The van der Waals surface area contributed by atoms with Gasteiger partial charge in [-0.3, -0.25) is 9.59 Å². The van der Waals surface area contributed by atoms with Crippen molar-refractivity contribution in [2.45, 2.75) is 25.2 Å². The molecule has 0 fully saturated rings. The number of carbonyl (C=O) groups excluding carboxylic acids is 2. The van der Waals surface area contributed by atoms with E-state index in [1.54, 1.807) is 47.6 Å². The third-order valence-corrected chi connectivity index (χ3v) is 5.59. The van der Waals surface area contributed by atoms with Gasteiger partial charge in [0.05, 0.1) is 0 Å². The summed E-state index contributed by atoms with van der Waals surface area (Å²) in [6.45, 7) is 0.315. The molecule has 6 nitrogen and oxygen atoms in total. The summed E-state index contributed by atoms with van der Waals surface area (Å²) in [6, 6.07) is 21.8. The van der Waals surface area contributed by atoms with E-state index in [1.165, 1.54) is 0 Å². The number of ether oxygens (including phenoxy) is 1. The lowest BCUT2D eigenvalue weighted by atomic mass is 9.97. The molecule has 2 aromatic carbocycles. The summed E-state index contributed by atoms with van der Waals surface area (Å²) in [4.78, 5) is 33.0. The van der Waals surface area contributed by atoms with E-state index in [2.05, 4.69) is 10.3 Å². The molecule has 2 atom stereocenters. The lowest BCUT2D eigenvalue weighted by molar-refractivity contribution is -0.153. The number of amides is 1. The fraction of sp³-hybridized carbons (Fsp3) is 0.148. The van der Waals surface area contributed by atoms with E-state index in [9.17, 15) is 9.59 Å². The highest BCUT2D eigenvalue weighted by molar-refractivity contribution is 6.29. The third kappa shape index (κ3) is 5.91. The zero-order valence-electron chi connectivity index (χ0n) is 18.4. The van der Waals surface area contributed by atoms with Crippen LogP contribution in [0.1, 0.15) is 22.6 Å². The molecule has 1 aliphatic rings. The van der Waals surface area contributed by atoms with E-state index in [-0.39, 0.29) is 19.1 Å². The Morgan fingerprint density at radius 2 is 1.71 bits per heavy atom. The molecule has 7 heteroatoms. The molecular formula is C27H24ClN3O3. The predicted molar refractivity (Wildman–Crippen MR) is 130 cm³/mol. The minimum atomic E-state index is -1.12. The summed E-state index contributed by atoms with van der Waals surface area (Å²) >= 11 is 5.93. The van der Waals surface area contributed by atoms with E-state index in [0.717, 1.165) is 11.1 Å². The molecule has 4 rings (SSSR count). The van der Waals surface area contributed by atoms with Crippen LogP contribution < -0.4 is 5.32 Å². The maximum Gasteiger partial charge on any atom is 0.323 e. The van der Waals surface area contributed by atoms with Gasteiger partial charge in [0.25, 0.3) is 0 Å². The number of hydrogen-bond donors (Lipinski definition) is 1. The number of rotatable bonds is 8. The Morgan fingerprint density at radius 1 is 0.971 bits per heavy atom. The number of benzene rings is 2. The lowest BCUT2D eigenvalue weighted by Gasteiger charge is -2.33. The molecule has 0 saturated heterocycles. The second-order valence-corrected chi connectivity index (χ2v) is 8.14. The quantitative estimate of drug-likeness (QED) is 0.294. The van der Waals surface area contributed by atoms with Crippen molar-refractivity contribution in [1.82, 2.24) is 15.2 Å². The smallest absolute Gasteiger partial charge is 0.323 e. The van der Waals surface area contributed by atoms with E-state index in [1.807, 2.05) is 60.7 Å². The Labute approximate surface area is 203 Å². The third-order valence-electron chi connectivity index (χ3n) is 5.37. The Morgan fingerprint density at radius 3 is 2.35 bits per heavy atom. The van der Waals surface area contributed by atoms with Crippen molar-refractivity contribution in [3.63, 3.8) is 0 Å². The first-order valence-electron chi connectivity index (χ1n) is 10.9. The van der Waals surface area contributed by atoms with Crippen LogP contribution in [0.4, 0.5) is 0 Å². The van der Waals surface area contributed by atoms with Crippen LogP contribution in [0, 0.1) is 0 Å². The molecule has 0 spiro atoms. The fourth-order valence-corrected chi connectivity index (χ4v) is 3.75. The van der Waals surface area contributed by atoms with E-state index < -0.39 is 18.1 Å². The average molecular weight is 474 g/mol. The number of halogens is 1. The van der Waals surface area contributed by atoms with Gasteiger partial charge in [0.15, 0.2) is 5.92 Å². The first kappa shape index (κ1) is 23.3. The number of nitrogens with zero attached hydrogens (tertiary/aromatic N) is 2. The lowest BCUT2D eigenvalue weighted by Crippen LogP contribution is -2.49. The predicted octanol–water partition coefficient (Wildman–Crippen LogP) is 4.59. The topological polar surface area (TPSA) is 71.5 Å². The van der Waals surface area contributed by atoms with Crippen molar-refractivity contribution >= 4 is 23.5 Å². The van der Waals surface area contributed by atoms with Crippen LogP contribution in [0.25, 0.3) is 0 Å². The van der Waals surface area contributed by atoms with Gasteiger partial charge in [-0.05, 0) is 41.1 Å². The maximum atomic E-state index is 13.9. The van der Waals surface area contributed by atoms with Crippen LogP contribution in [-0.2, 0) is 27.5 Å². The van der Waals surface area contributed by atoms with Crippen LogP contribution in [0.15, 0.2) is 103 Å². The number of pyridine rings is 1. The largest absolute Gasteiger partial charge is 0.460 e. The maximum absolute atomic E-state index is 13.9. The van der Waals surface area contributed by atoms with Gasteiger partial charge in [-0.15, -0.1) is 0 Å². The molecule has 2 unspecified atom stereocenters. The van der Waals surface area contributed by atoms with Gasteiger partial charge in [0.1, 0.15) is 17.9 Å². The summed E-state index contributed by atoms with van der Waals surface area (Å²) in [7, 11) is 0. The van der Waals surface area contributed by atoms with E-state index in [0.29, 0.717) is 10.7 Å². The van der Waals surface area contributed by atoms with Gasteiger partial charge in [0, 0.05) is 12.7 Å². The standard InChI is InChI=1S/C27H24ClN3O3/c28-23-15-14-21(17-30-23)18-31(24-13-7-8-16-29-24)26(32)25(22-11-5-2-6-12-22)27(33)34-19-20-9-3-1-4-10-20/h1-17,24-25,29H,18-19H2. The highest BCUT2D eigenvalue weighted by Crippen LogP contribution is 2.24. The van der Waals surface area contributed by atoms with Crippen molar-refractivity contribution in [2.75, 3.05) is 0 Å². The Balaban J connectivity index is 1.63. The molecule has 172 valence electrons. The first-order valence-corrected chi connectivity index (χ1v) is 11.3. The summed E-state index contributed by atoms with van der Waals surface area (Å²) in [5, 5.41) is 3.54. The van der Waals surface area contributed by atoms with Crippen LogP contribution in [-0.4, -0.2) is 27.9 Å². The van der Waals surface area contributed by atoms with Gasteiger partial charge in [-0.25, -0.2) is 4.98 Å². The number of nitrogens with one attached hydrogen (secondary N) is 1. The molecule has 3 aromatic rings. The Kier molecular flexibility index (Phi) is 7.73. The van der Waals surface area contributed by atoms with Crippen molar-refractivity contribution < 1.29 is 14.3 Å². The Hall–Kier alpha value is -3.90. The number of aromatic nitrogens is 1. The number of hydrogen-bond acceptors (Lipinski definition) is 5. The summed E-state index contributed by atoms with van der Waals surface area (Å²) in [5.74, 6) is -2.10. The zero-order valence-corrected chi connectivity index (χ0v) is 19.1. The monoisotopic (exact) mass is 473 g/mol. The van der Waals surface area contributed by atoms with Crippen LogP contribution in [0.5, 0.6) is 0 Å². The van der Waals surface area contributed by atoms with E-state index >= 15 is 0 Å². The second kappa shape index (κ2) is 11.3. The molecular weight excluding hydrogens is 450 g/mol. The number of carbonyl (C=O) groups is 2. The molecule has 0 bridgehead atoms. The molecule has 34 heavy (non-hydrogen) atoms. The molecule has 0 saturated carbocycles. The molecule has 1 aliphatic heterocycles. The normalized spacial score (nSPS) is 15.3. The second-order valence-electron chi connectivity index (χ2n) is 7.75. The van der Waals surface area contributed by atoms with Gasteiger partial charge in [-0.1, -0.05) is 84.4 Å². The van der Waals surface area contributed by atoms with Gasteiger partial charge >= 0.3 is 5.97 Å². The van der Waals surface area contributed by atoms with Gasteiger partial charge in [-0.2, -0.15) is 0 Å². The average Bonchev–Trinajstić information content (AvgIpc) is 2.89. The van der Waals surface area contributed by atoms with E-state index in [4.69, 9.17) is 16.3 Å². The van der Waals surface area contributed by atoms with Crippen molar-refractivity contribution in [3.8, 4) is 0 Å². The highest BCUT2D eigenvalue weighted by Gasteiger charge is 2.36. The molecule has 1 amide bonds. The first-order chi connectivity index (χ1) is 16.6. The molecule has 2 heterocycles. The minimum absolute atomic E-state index is 0.0850. The van der Waals surface area contributed by atoms with Crippen molar-refractivity contribution in [2.24, 2.45) is 0 Å². The number of esters is 1. The Bertz CT molecular complexity index is 1160. The summed E-state index contributed by atoms with van der Waals surface area (Å²) in [6.07, 6.45) is 8.49. The fourth-order valence-electron chi connectivity index (χ4n) is 3.64. The highest BCUT2D eigenvalue weighted by atomic mass is 35.5. The molecule has 0 aliphatic carbocycles.